The topological polar surface area (TPSA) is 70.6 Å². The highest BCUT2D eigenvalue weighted by Gasteiger charge is 2.27. The average molecular weight is 471 g/mol. The van der Waals surface area contributed by atoms with E-state index >= 15 is 0 Å². The smallest absolute Gasteiger partial charge is 0.255 e. The summed E-state index contributed by atoms with van der Waals surface area (Å²) in [5, 5.41) is 18.0. The van der Waals surface area contributed by atoms with Crippen LogP contribution >= 0.6 is 23.2 Å². The van der Waals surface area contributed by atoms with Crippen molar-refractivity contribution in [3.05, 3.63) is 87.9 Å². The van der Waals surface area contributed by atoms with Gasteiger partial charge in [0.1, 0.15) is 5.75 Å². The predicted molar refractivity (Wildman–Crippen MR) is 127 cm³/mol. The number of amides is 1. The Labute approximate surface area is 197 Å². The molecule has 2 atom stereocenters. The Morgan fingerprint density at radius 1 is 1.06 bits per heavy atom. The van der Waals surface area contributed by atoms with Crippen molar-refractivity contribution in [3.63, 3.8) is 0 Å². The molecule has 32 heavy (non-hydrogen) atoms. The molecule has 7 heteroatoms. The number of rotatable bonds is 5. The lowest BCUT2D eigenvalue weighted by molar-refractivity contribution is 0.0306. The lowest BCUT2D eigenvalue weighted by Gasteiger charge is -2.26. The number of carbonyl (C=O) groups is 1. The van der Waals surface area contributed by atoms with Crippen LogP contribution in [0.15, 0.2) is 66.7 Å². The van der Waals surface area contributed by atoms with E-state index in [9.17, 15) is 9.90 Å². The number of phenolic OH excluding ortho intramolecular Hbond substituents is 1. The van der Waals surface area contributed by atoms with Crippen molar-refractivity contribution in [2.24, 2.45) is 5.92 Å². The number of hydrogen-bond donors (Lipinski definition) is 3. The van der Waals surface area contributed by atoms with E-state index in [2.05, 4.69) is 10.6 Å². The number of ether oxygens (including phenoxy) is 1. The minimum Gasteiger partial charge on any atom is -0.506 e. The lowest BCUT2D eigenvalue weighted by atomic mass is 9.95. The third kappa shape index (κ3) is 5.08. The molecule has 1 saturated heterocycles. The SMILES string of the molecule is O=C(NCC1CNCCOC1c1ccc(Cl)c(Cl)c1)c1cccc(-c2ccccc2)c1O. The summed E-state index contributed by atoms with van der Waals surface area (Å²) < 4.78 is 6.07. The van der Waals surface area contributed by atoms with Crippen LogP contribution in [0.3, 0.4) is 0 Å². The third-order valence-electron chi connectivity index (χ3n) is 5.57. The van der Waals surface area contributed by atoms with Crippen molar-refractivity contribution in [3.8, 4) is 16.9 Å². The van der Waals surface area contributed by atoms with Gasteiger partial charge in [0.25, 0.3) is 5.91 Å². The van der Waals surface area contributed by atoms with Crippen molar-refractivity contribution < 1.29 is 14.6 Å². The summed E-state index contributed by atoms with van der Waals surface area (Å²) in [7, 11) is 0. The molecule has 1 heterocycles. The van der Waals surface area contributed by atoms with Gasteiger partial charge in [-0.15, -0.1) is 0 Å². The molecular weight excluding hydrogens is 447 g/mol. The van der Waals surface area contributed by atoms with Crippen molar-refractivity contribution in [1.82, 2.24) is 10.6 Å². The molecule has 0 spiro atoms. The Hall–Kier alpha value is -2.57. The van der Waals surface area contributed by atoms with Gasteiger partial charge in [-0.05, 0) is 29.3 Å². The number of halogens is 2. The standard InChI is InChI=1S/C25H24Cl2N2O3/c26-21-10-9-17(13-22(21)27)24-18(14-28-11-12-32-24)15-29-25(31)20-8-4-7-19(23(20)30)16-5-2-1-3-6-16/h1-10,13,18,24,28,30H,11-12,14-15H2,(H,29,31). The first-order valence-corrected chi connectivity index (χ1v) is 11.2. The van der Waals surface area contributed by atoms with Gasteiger partial charge in [0.2, 0.25) is 0 Å². The van der Waals surface area contributed by atoms with Crippen molar-refractivity contribution in [1.29, 1.82) is 0 Å². The van der Waals surface area contributed by atoms with Crippen LogP contribution in [0.5, 0.6) is 5.75 Å². The van der Waals surface area contributed by atoms with Crippen molar-refractivity contribution >= 4 is 29.1 Å². The zero-order valence-electron chi connectivity index (χ0n) is 17.4. The van der Waals surface area contributed by atoms with Crippen LogP contribution in [0.4, 0.5) is 0 Å². The zero-order chi connectivity index (χ0) is 22.5. The van der Waals surface area contributed by atoms with Crippen LogP contribution in [0.2, 0.25) is 10.0 Å². The highest BCUT2D eigenvalue weighted by molar-refractivity contribution is 6.42. The summed E-state index contributed by atoms with van der Waals surface area (Å²) in [6.45, 7) is 2.31. The molecule has 1 fully saturated rings. The van der Waals surface area contributed by atoms with E-state index in [1.165, 1.54) is 0 Å². The normalized spacial score (nSPS) is 18.7. The van der Waals surface area contributed by atoms with E-state index < -0.39 is 0 Å². The monoisotopic (exact) mass is 470 g/mol. The van der Waals surface area contributed by atoms with Gasteiger partial charge in [-0.1, -0.05) is 71.7 Å². The van der Waals surface area contributed by atoms with Crippen LogP contribution in [0.25, 0.3) is 11.1 Å². The van der Waals surface area contributed by atoms with E-state index in [0.717, 1.165) is 17.7 Å². The van der Waals surface area contributed by atoms with Gasteiger partial charge in [0.15, 0.2) is 0 Å². The second kappa shape index (κ2) is 10.4. The van der Waals surface area contributed by atoms with Gasteiger partial charge in [-0.2, -0.15) is 0 Å². The van der Waals surface area contributed by atoms with Gasteiger partial charge >= 0.3 is 0 Å². The fraction of sp³-hybridized carbons (Fsp3) is 0.240. The fourth-order valence-corrected chi connectivity index (χ4v) is 4.23. The number of para-hydroxylation sites is 1. The maximum absolute atomic E-state index is 12.9. The summed E-state index contributed by atoms with van der Waals surface area (Å²) >= 11 is 12.3. The number of carbonyl (C=O) groups excluding carboxylic acids is 1. The number of hydrogen-bond acceptors (Lipinski definition) is 4. The Morgan fingerprint density at radius 2 is 1.88 bits per heavy atom. The third-order valence-corrected chi connectivity index (χ3v) is 6.31. The number of phenols is 1. The molecule has 1 aliphatic rings. The molecule has 0 radical (unpaired) electrons. The highest BCUT2D eigenvalue weighted by atomic mass is 35.5. The van der Waals surface area contributed by atoms with Crippen LogP contribution in [-0.2, 0) is 4.74 Å². The van der Waals surface area contributed by atoms with E-state index in [0.29, 0.717) is 35.3 Å². The first kappa shape index (κ1) is 22.6. The molecule has 4 rings (SSSR count). The van der Waals surface area contributed by atoms with Gasteiger partial charge in [0.05, 0.1) is 28.3 Å². The van der Waals surface area contributed by atoms with Gasteiger partial charge in [-0.3, -0.25) is 4.79 Å². The quantitative estimate of drug-likeness (QED) is 0.486. The average Bonchev–Trinajstić information content (AvgIpc) is 3.05. The molecule has 1 aliphatic heterocycles. The molecule has 3 N–H and O–H groups in total. The van der Waals surface area contributed by atoms with E-state index in [1.807, 2.05) is 42.5 Å². The maximum atomic E-state index is 12.9. The second-order valence-electron chi connectivity index (χ2n) is 7.71. The molecule has 3 aromatic carbocycles. The Kier molecular flexibility index (Phi) is 7.33. The summed E-state index contributed by atoms with van der Waals surface area (Å²) in [6.07, 6.45) is -0.246. The summed E-state index contributed by atoms with van der Waals surface area (Å²) in [6, 6.07) is 20.1. The van der Waals surface area contributed by atoms with Crippen molar-refractivity contribution in [2.75, 3.05) is 26.2 Å². The summed E-state index contributed by atoms with van der Waals surface area (Å²) in [4.78, 5) is 12.9. The van der Waals surface area contributed by atoms with Gasteiger partial charge in [0, 0.05) is 31.1 Å². The Balaban J connectivity index is 1.51. The molecule has 0 aliphatic carbocycles. The maximum Gasteiger partial charge on any atom is 0.255 e. The highest BCUT2D eigenvalue weighted by Crippen LogP contribution is 2.33. The summed E-state index contributed by atoms with van der Waals surface area (Å²) in [5.41, 5.74) is 2.61. The predicted octanol–water partition coefficient (Wildman–Crippen LogP) is 5.07. The van der Waals surface area contributed by atoms with E-state index in [1.54, 1.807) is 24.3 Å². The van der Waals surface area contributed by atoms with Crippen LogP contribution in [0, 0.1) is 5.92 Å². The Morgan fingerprint density at radius 3 is 2.66 bits per heavy atom. The molecule has 2 unspecified atom stereocenters. The van der Waals surface area contributed by atoms with Crippen LogP contribution < -0.4 is 10.6 Å². The van der Waals surface area contributed by atoms with Crippen LogP contribution in [0.1, 0.15) is 22.0 Å². The molecule has 166 valence electrons. The van der Waals surface area contributed by atoms with Gasteiger partial charge in [-0.25, -0.2) is 0 Å². The minimum absolute atomic E-state index is 0.0295. The molecule has 0 aromatic heterocycles. The van der Waals surface area contributed by atoms with E-state index in [-0.39, 0.29) is 29.2 Å². The molecule has 0 saturated carbocycles. The molecule has 3 aromatic rings. The second-order valence-corrected chi connectivity index (χ2v) is 8.52. The zero-order valence-corrected chi connectivity index (χ0v) is 18.9. The van der Waals surface area contributed by atoms with E-state index in [4.69, 9.17) is 27.9 Å². The molecule has 0 bridgehead atoms. The number of nitrogens with one attached hydrogen (secondary N) is 2. The molecule has 1 amide bonds. The lowest BCUT2D eigenvalue weighted by Crippen LogP contribution is -2.36. The number of aromatic hydroxyl groups is 1. The first-order chi connectivity index (χ1) is 15.5. The fourth-order valence-electron chi connectivity index (χ4n) is 3.92. The summed E-state index contributed by atoms with van der Waals surface area (Å²) in [5.74, 6) is -0.400. The minimum atomic E-state index is -0.336. The first-order valence-electron chi connectivity index (χ1n) is 10.5. The van der Waals surface area contributed by atoms with Crippen LogP contribution in [-0.4, -0.2) is 37.3 Å². The van der Waals surface area contributed by atoms with Crippen molar-refractivity contribution in [2.45, 2.75) is 6.10 Å². The van der Waals surface area contributed by atoms with Gasteiger partial charge < -0.3 is 20.5 Å². The Bertz CT molecular complexity index is 1090. The largest absolute Gasteiger partial charge is 0.506 e. The molecular formula is C25H24Cl2N2O3. The number of benzene rings is 3. The molecule has 5 nitrogen and oxygen atoms in total.